The van der Waals surface area contributed by atoms with Crippen molar-refractivity contribution in [3.8, 4) is 0 Å². The molecule has 0 bridgehead atoms. The zero-order valence-electron chi connectivity index (χ0n) is 15.2. The molecular formula is C20H25ClN2O3. The number of benzene rings is 1. The van der Waals surface area contributed by atoms with Crippen molar-refractivity contribution in [3.05, 3.63) is 34.9 Å². The van der Waals surface area contributed by atoms with Gasteiger partial charge in [0.05, 0.1) is 12.0 Å². The molecule has 5 nitrogen and oxygen atoms in total. The second-order valence-corrected chi connectivity index (χ2v) is 8.43. The van der Waals surface area contributed by atoms with Crippen molar-refractivity contribution in [2.24, 2.45) is 0 Å². The van der Waals surface area contributed by atoms with Crippen molar-refractivity contribution >= 4 is 23.6 Å². The van der Waals surface area contributed by atoms with Gasteiger partial charge in [-0.15, -0.1) is 0 Å². The van der Waals surface area contributed by atoms with Crippen LogP contribution in [-0.2, 0) is 14.9 Å². The highest BCUT2D eigenvalue weighted by atomic mass is 35.5. The van der Waals surface area contributed by atoms with Crippen LogP contribution in [0.3, 0.4) is 0 Å². The molecule has 26 heavy (non-hydrogen) atoms. The lowest BCUT2D eigenvalue weighted by molar-refractivity contribution is -0.141. The molecule has 3 aliphatic rings. The molecule has 4 rings (SSSR count). The third-order valence-corrected chi connectivity index (χ3v) is 6.59. The third-order valence-electron chi connectivity index (χ3n) is 6.34. The number of carbonyl (C=O) groups excluding carboxylic acids is 2. The van der Waals surface area contributed by atoms with Crippen LogP contribution in [0.5, 0.6) is 0 Å². The van der Waals surface area contributed by atoms with Crippen LogP contribution in [0.2, 0.25) is 5.02 Å². The van der Waals surface area contributed by atoms with Crippen molar-refractivity contribution in [2.75, 3.05) is 26.7 Å². The Morgan fingerprint density at radius 3 is 2.38 bits per heavy atom. The van der Waals surface area contributed by atoms with E-state index in [0.29, 0.717) is 24.5 Å². The first-order valence-electron chi connectivity index (χ1n) is 9.44. The molecule has 1 atom stereocenters. The quantitative estimate of drug-likeness (QED) is 0.792. The fraction of sp³-hybridized carbons (Fsp3) is 0.600. The van der Waals surface area contributed by atoms with Crippen molar-refractivity contribution < 1.29 is 14.3 Å². The highest BCUT2D eigenvalue weighted by Gasteiger charge is 2.50. The van der Waals surface area contributed by atoms with Gasteiger partial charge in [0.1, 0.15) is 5.60 Å². The van der Waals surface area contributed by atoms with Crippen molar-refractivity contribution in [1.82, 2.24) is 9.80 Å². The smallest absolute Gasteiger partial charge is 0.410 e. The van der Waals surface area contributed by atoms with Gasteiger partial charge in [-0.05, 0) is 43.4 Å². The number of rotatable bonds is 2. The van der Waals surface area contributed by atoms with Gasteiger partial charge in [-0.1, -0.05) is 30.2 Å². The number of hydrogen-bond donors (Lipinski definition) is 0. The Hall–Kier alpha value is -1.75. The third kappa shape index (κ3) is 2.86. The summed E-state index contributed by atoms with van der Waals surface area (Å²) >= 11 is 6.02. The highest BCUT2D eigenvalue weighted by Crippen LogP contribution is 2.46. The molecule has 2 amide bonds. The van der Waals surface area contributed by atoms with Crippen LogP contribution in [-0.4, -0.2) is 54.1 Å². The van der Waals surface area contributed by atoms with Crippen molar-refractivity contribution in [3.63, 3.8) is 0 Å². The molecule has 1 aliphatic carbocycles. The standard InChI is InChI=1S/C20H25ClN2O3/c1-22-14-19(26-18(22)25)8-3-12-23(13-11-19)17(24)20(9-2-10-20)15-4-6-16(21)7-5-15/h4-7H,2-3,8-14H2,1H3/t19-/m1/s1. The molecule has 140 valence electrons. The SMILES string of the molecule is CN1C[C@]2(CCCN(C(=O)C3(c4ccc(Cl)cc4)CCC3)CC2)OC1=O. The lowest BCUT2D eigenvalue weighted by Gasteiger charge is -2.44. The molecule has 0 aromatic heterocycles. The molecule has 0 unspecified atom stereocenters. The molecule has 3 fully saturated rings. The second kappa shape index (κ2) is 6.45. The number of hydrogen-bond acceptors (Lipinski definition) is 3. The van der Waals surface area contributed by atoms with E-state index >= 15 is 0 Å². The monoisotopic (exact) mass is 376 g/mol. The summed E-state index contributed by atoms with van der Waals surface area (Å²) in [5, 5.41) is 0.694. The van der Waals surface area contributed by atoms with Crippen LogP contribution in [0.15, 0.2) is 24.3 Å². The zero-order valence-corrected chi connectivity index (χ0v) is 15.9. The van der Waals surface area contributed by atoms with E-state index in [9.17, 15) is 9.59 Å². The van der Waals surface area contributed by atoms with E-state index in [1.54, 1.807) is 11.9 Å². The molecule has 0 N–H and O–H groups in total. The Morgan fingerprint density at radius 1 is 1.08 bits per heavy atom. The molecule has 6 heteroatoms. The summed E-state index contributed by atoms with van der Waals surface area (Å²) in [6, 6.07) is 7.73. The Bertz CT molecular complexity index is 716. The van der Waals surface area contributed by atoms with Crippen molar-refractivity contribution in [2.45, 2.75) is 49.5 Å². The van der Waals surface area contributed by atoms with E-state index in [0.717, 1.165) is 44.2 Å². The highest BCUT2D eigenvalue weighted by molar-refractivity contribution is 6.30. The molecule has 1 spiro atoms. The maximum Gasteiger partial charge on any atom is 0.410 e. The van der Waals surface area contributed by atoms with Crippen LogP contribution < -0.4 is 0 Å². The molecule has 1 saturated carbocycles. The summed E-state index contributed by atoms with van der Waals surface area (Å²) < 4.78 is 5.67. The van der Waals surface area contributed by atoms with Crippen LogP contribution in [0.4, 0.5) is 4.79 Å². The maximum atomic E-state index is 13.4. The number of carbonyl (C=O) groups is 2. The second-order valence-electron chi connectivity index (χ2n) is 8.00. The molecule has 0 radical (unpaired) electrons. The summed E-state index contributed by atoms with van der Waals surface area (Å²) in [4.78, 5) is 28.9. The van der Waals surface area contributed by atoms with Gasteiger partial charge in [0, 0.05) is 31.6 Å². The minimum absolute atomic E-state index is 0.223. The predicted octanol–water partition coefficient (Wildman–Crippen LogP) is 3.60. The van der Waals surface area contributed by atoms with E-state index in [1.165, 1.54) is 0 Å². The first-order chi connectivity index (χ1) is 12.4. The van der Waals surface area contributed by atoms with Gasteiger partial charge in [-0.25, -0.2) is 4.79 Å². The topological polar surface area (TPSA) is 49.9 Å². The molecule has 2 aliphatic heterocycles. The van der Waals surface area contributed by atoms with Gasteiger partial charge in [-0.3, -0.25) is 4.79 Å². The summed E-state index contributed by atoms with van der Waals surface area (Å²) in [6.07, 6.45) is 5.02. The minimum atomic E-state index is -0.423. The average Bonchev–Trinajstić information content (AvgIpc) is 2.74. The van der Waals surface area contributed by atoms with E-state index in [-0.39, 0.29) is 12.0 Å². The zero-order chi connectivity index (χ0) is 18.4. The Kier molecular flexibility index (Phi) is 4.38. The van der Waals surface area contributed by atoms with E-state index < -0.39 is 11.0 Å². The number of halogens is 1. The normalized spacial score (nSPS) is 27.8. The number of ether oxygens (including phenoxy) is 1. The number of likely N-dealkylation sites (tertiary alicyclic amines) is 1. The molecule has 2 saturated heterocycles. The Balaban J connectivity index is 1.51. The summed E-state index contributed by atoms with van der Waals surface area (Å²) in [5.41, 5.74) is 0.253. The summed E-state index contributed by atoms with van der Waals surface area (Å²) in [5.74, 6) is 0.223. The lowest BCUT2D eigenvalue weighted by atomic mass is 9.63. The van der Waals surface area contributed by atoms with Gasteiger partial charge in [0.15, 0.2) is 0 Å². The van der Waals surface area contributed by atoms with Gasteiger partial charge < -0.3 is 14.5 Å². The van der Waals surface area contributed by atoms with E-state index in [2.05, 4.69) is 0 Å². The molecule has 1 aromatic rings. The fourth-order valence-electron chi connectivity index (χ4n) is 4.65. The van der Waals surface area contributed by atoms with Crippen LogP contribution in [0, 0.1) is 0 Å². The Labute approximate surface area is 159 Å². The van der Waals surface area contributed by atoms with E-state index in [4.69, 9.17) is 16.3 Å². The molecular weight excluding hydrogens is 352 g/mol. The summed E-state index contributed by atoms with van der Waals surface area (Å²) in [7, 11) is 1.77. The minimum Gasteiger partial charge on any atom is -0.441 e. The van der Waals surface area contributed by atoms with Crippen LogP contribution in [0.1, 0.15) is 44.1 Å². The average molecular weight is 377 g/mol. The largest absolute Gasteiger partial charge is 0.441 e. The van der Waals surface area contributed by atoms with Crippen LogP contribution >= 0.6 is 11.6 Å². The van der Waals surface area contributed by atoms with Gasteiger partial charge in [0.25, 0.3) is 0 Å². The first kappa shape index (κ1) is 17.7. The van der Waals surface area contributed by atoms with Gasteiger partial charge in [-0.2, -0.15) is 0 Å². The fourth-order valence-corrected chi connectivity index (χ4v) is 4.78. The van der Waals surface area contributed by atoms with Crippen molar-refractivity contribution in [1.29, 1.82) is 0 Å². The molecule has 1 aromatic carbocycles. The summed E-state index contributed by atoms with van der Waals surface area (Å²) in [6.45, 7) is 2.00. The maximum absolute atomic E-state index is 13.4. The number of amides is 2. The number of likely N-dealkylation sites (N-methyl/N-ethyl adjacent to an activating group) is 1. The van der Waals surface area contributed by atoms with E-state index in [1.807, 2.05) is 29.2 Å². The van der Waals surface area contributed by atoms with Gasteiger partial charge in [0.2, 0.25) is 5.91 Å². The predicted molar refractivity (Wildman–Crippen MR) is 99.3 cm³/mol. The Morgan fingerprint density at radius 2 is 1.81 bits per heavy atom. The van der Waals surface area contributed by atoms with Gasteiger partial charge >= 0.3 is 6.09 Å². The lowest BCUT2D eigenvalue weighted by Crippen LogP contribution is -2.51. The molecule has 2 heterocycles. The number of nitrogens with zero attached hydrogens (tertiary/aromatic N) is 2. The first-order valence-corrected chi connectivity index (χ1v) is 9.82. The van der Waals surface area contributed by atoms with Crippen LogP contribution in [0.25, 0.3) is 0 Å².